The van der Waals surface area contributed by atoms with E-state index in [0.29, 0.717) is 24.3 Å². The Hall–Kier alpha value is -2.17. The first kappa shape index (κ1) is 15.2. The van der Waals surface area contributed by atoms with Crippen LogP contribution in [0.3, 0.4) is 0 Å². The van der Waals surface area contributed by atoms with E-state index in [1.54, 1.807) is 25.1 Å². The first-order chi connectivity index (χ1) is 10.1. The molecule has 21 heavy (non-hydrogen) atoms. The van der Waals surface area contributed by atoms with Crippen molar-refractivity contribution >= 4 is 23.3 Å². The van der Waals surface area contributed by atoms with Gasteiger partial charge in [0.15, 0.2) is 0 Å². The molecule has 0 aromatic heterocycles. The van der Waals surface area contributed by atoms with Crippen molar-refractivity contribution in [2.45, 2.75) is 39.0 Å². The number of carbonyl (C=O) groups is 3. The zero-order valence-corrected chi connectivity index (χ0v) is 12.3. The molecule has 0 saturated carbocycles. The van der Waals surface area contributed by atoms with Crippen LogP contribution in [0.4, 0.5) is 5.69 Å². The van der Waals surface area contributed by atoms with Crippen molar-refractivity contribution in [1.29, 1.82) is 0 Å². The molecule has 1 aliphatic rings. The Morgan fingerprint density at radius 3 is 2.71 bits per heavy atom. The molecule has 5 heteroatoms. The number of Topliss-reactive ketones (excluding diaryl/α,β-unsaturated/α-hetero) is 1. The Balaban J connectivity index is 2.30. The lowest BCUT2D eigenvalue weighted by Crippen LogP contribution is -2.16. The molecule has 5 nitrogen and oxygen atoms in total. The van der Waals surface area contributed by atoms with Crippen LogP contribution in [0, 0.1) is 0 Å². The summed E-state index contributed by atoms with van der Waals surface area (Å²) in [6.45, 7) is 4.14. The Bertz CT molecular complexity index is 580. The zero-order chi connectivity index (χ0) is 15.4. The topological polar surface area (TPSA) is 72.5 Å². The number of esters is 1. The molecule has 0 spiro atoms. The van der Waals surface area contributed by atoms with Gasteiger partial charge in [-0.25, -0.2) is 0 Å². The first-order valence-corrected chi connectivity index (χ1v) is 7.24. The molecule has 0 radical (unpaired) electrons. The van der Waals surface area contributed by atoms with Gasteiger partial charge in [0.1, 0.15) is 0 Å². The van der Waals surface area contributed by atoms with Crippen LogP contribution in [0.25, 0.3) is 0 Å². The van der Waals surface area contributed by atoms with Crippen molar-refractivity contribution in [3.63, 3.8) is 0 Å². The molecule has 1 heterocycles. The van der Waals surface area contributed by atoms with E-state index in [2.05, 4.69) is 12.2 Å². The van der Waals surface area contributed by atoms with Crippen LogP contribution in [0.2, 0.25) is 0 Å². The summed E-state index contributed by atoms with van der Waals surface area (Å²) in [4.78, 5) is 35.2. The van der Waals surface area contributed by atoms with Crippen LogP contribution in [0.15, 0.2) is 18.2 Å². The number of benzene rings is 1. The predicted octanol–water partition coefficient (Wildman–Crippen LogP) is 2.66. The van der Waals surface area contributed by atoms with E-state index in [1.165, 1.54) is 0 Å². The highest BCUT2D eigenvalue weighted by atomic mass is 16.5. The van der Waals surface area contributed by atoms with Gasteiger partial charge in [-0.2, -0.15) is 0 Å². The third kappa shape index (κ3) is 3.12. The number of ketones is 1. The fraction of sp³-hybridized carbons (Fsp3) is 0.438. The normalized spacial score (nSPS) is 14.6. The number of rotatable bonds is 6. The van der Waals surface area contributed by atoms with Crippen molar-refractivity contribution in [3.8, 4) is 0 Å². The zero-order valence-electron chi connectivity index (χ0n) is 12.3. The number of hydrogen-bond acceptors (Lipinski definition) is 4. The third-order valence-electron chi connectivity index (χ3n) is 3.56. The number of amides is 1. The van der Waals surface area contributed by atoms with Gasteiger partial charge in [0.05, 0.1) is 23.8 Å². The van der Waals surface area contributed by atoms with Gasteiger partial charge in [-0.05, 0) is 31.0 Å². The van der Waals surface area contributed by atoms with Crippen LogP contribution < -0.4 is 5.32 Å². The van der Waals surface area contributed by atoms with Crippen molar-refractivity contribution in [2.75, 3.05) is 11.9 Å². The highest BCUT2D eigenvalue weighted by molar-refractivity contribution is 6.51. The van der Waals surface area contributed by atoms with Crippen LogP contribution >= 0.6 is 0 Å². The van der Waals surface area contributed by atoms with Crippen LogP contribution in [0.1, 0.15) is 54.9 Å². The van der Waals surface area contributed by atoms with Gasteiger partial charge in [-0.15, -0.1) is 0 Å². The van der Waals surface area contributed by atoms with E-state index in [4.69, 9.17) is 4.74 Å². The number of ether oxygens (including phenoxy) is 1. The molecule has 2 rings (SSSR count). The van der Waals surface area contributed by atoms with Gasteiger partial charge in [0, 0.05) is 0 Å². The van der Waals surface area contributed by atoms with Gasteiger partial charge in [-0.3, -0.25) is 14.4 Å². The highest BCUT2D eigenvalue weighted by Gasteiger charge is 2.30. The molecule has 1 aromatic rings. The lowest BCUT2D eigenvalue weighted by Gasteiger charge is -2.16. The van der Waals surface area contributed by atoms with Crippen molar-refractivity contribution in [2.24, 2.45) is 0 Å². The molecule has 0 fully saturated rings. The molecule has 1 atom stereocenters. The summed E-state index contributed by atoms with van der Waals surface area (Å²) in [6, 6.07) is 5.08. The van der Waals surface area contributed by atoms with Crippen LogP contribution in [-0.4, -0.2) is 24.3 Å². The van der Waals surface area contributed by atoms with Gasteiger partial charge < -0.3 is 10.1 Å². The minimum absolute atomic E-state index is 0.282. The predicted molar refractivity (Wildman–Crippen MR) is 78.3 cm³/mol. The molecule has 112 valence electrons. The quantitative estimate of drug-likeness (QED) is 0.645. The van der Waals surface area contributed by atoms with Gasteiger partial charge in [-0.1, -0.05) is 25.8 Å². The molecule has 1 aromatic carbocycles. The lowest BCUT2D eigenvalue weighted by atomic mass is 9.91. The Labute approximate surface area is 123 Å². The molecule has 0 bridgehead atoms. The first-order valence-electron chi connectivity index (χ1n) is 7.24. The molecular weight excluding hydrogens is 270 g/mol. The molecular formula is C16H19NO4. The maximum Gasteiger partial charge on any atom is 0.313 e. The van der Waals surface area contributed by atoms with E-state index in [0.717, 1.165) is 18.4 Å². The number of unbranched alkanes of at least 4 members (excludes halogenated alkanes) is 1. The van der Waals surface area contributed by atoms with Crippen molar-refractivity contribution in [1.82, 2.24) is 0 Å². The number of fused-ring (bicyclic) bond motifs is 1. The average molecular weight is 289 g/mol. The van der Waals surface area contributed by atoms with Crippen LogP contribution in [-0.2, 0) is 14.3 Å². The smallest absolute Gasteiger partial charge is 0.313 e. The largest absolute Gasteiger partial charge is 0.466 e. The second-order valence-corrected chi connectivity index (χ2v) is 5.04. The Kier molecular flexibility index (Phi) is 4.73. The maximum atomic E-state index is 12.1. The fourth-order valence-corrected chi connectivity index (χ4v) is 2.45. The summed E-state index contributed by atoms with van der Waals surface area (Å²) < 4.78 is 5.12. The van der Waals surface area contributed by atoms with E-state index in [9.17, 15) is 14.4 Å². The van der Waals surface area contributed by atoms with Crippen molar-refractivity contribution in [3.05, 3.63) is 29.3 Å². The van der Waals surface area contributed by atoms with E-state index in [-0.39, 0.29) is 5.97 Å². The molecule has 1 aliphatic heterocycles. The molecule has 1 N–H and O–H groups in total. The van der Waals surface area contributed by atoms with Gasteiger partial charge in [0.2, 0.25) is 0 Å². The molecule has 1 amide bonds. The summed E-state index contributed by atoms with van der Waals surface area (Å²) in [5, 5.41) is 2.51. The number of nitrogens with one attached hydrogen (secondary N) is 1. The molecule has 1 unspecified atom stereocenters. The van der Waals surface area contributed by atoms with Crippen molar-refractivity contribution < 1.29 is 19.1 Å². The minimum Gasteiger partial charge on any atom is -0.466 e. The molecule has 0 aliphatic carbocycles. The second kappa shape index (κ2) is 6.52. The Morgan fingerprint density at radius 2 is 2.05 bits per heavy atom. The van der Waals surface area contributed by atoms with E-state index >= 15 is 0 Å². The lowest BCUT2D eigenvalue weighted by molar-refractivity contribution is -0.145. The number of carbonyl (C=O) groups excluding carboxylic acids is 3. The fourth-order valence-electron chi connectivity index (χ4n) is 2.45. The SMILES string of the molecule is CCCCC(C(=O)OCC)c1ccc2c(c1)C(=O)C(=O)N2. The number of hydrogen-bond donors (Lipinski definition) is 1. The minimum atomic E-state index is -0.622. The van der Waals surface area contributed by atoms with E-state index in [1.807, 2.05) is 0 Å². The summed E-state index contributed by atoms with van der Waals surface area (Å²) >= 11 is 0. The summed E-state index contributed by atoms with van der Waals surface area (Å²) in [7, 11) is 0. The monoisotopic (exact) mass is 289 g/mol. The summed E-state index contributed by atoms with van der Waals surface area (Å²) in [5.41, 5.74) is 1.57. The van der Waals surface area contributed by atoms with Crippen LogP contribution in [0.5, 0.6) is 0 Å². The van der Waals surface area contributed by atoms with Gasteiger partial charge >= 0.3 is 5.97 Å². The number of anilines is 1. The summed E-state index contributed by atoms with van der Waals surface area (Å²) in [6.07, 6.45) is 2.54. The van der Waals surface area contributed by atoms with E-state index < -0.39 is 17.6 Å². The standard InChI is InChI=1S/C16H19NO4/c1-3-5-6-11(16(20)21-4-2)10-7-8-13-12(9-10)14(18)15(19)17-13/h7-9,11H,3-6H2,1-2H3,(H,17,18,19). The summed E-state index contributed by atoms with van der Waals surface area (Å²) in [5.74, 6) is -1.84. The maximum absolute atomic E-state index is 12.1. The third-order valence-corrected chi connectivity index (χ3v) is 3.56. The Morgan fingerprint density at radius 1 is 1.29 bits per heavy atom. The second-order valence-electron chi connectivity index (χ2n) is 5.04. The average Bonchev–Trinajstić information content (AvgIpc) is 2.75. The van der Waals surface area contributed by atoms with Gasteiger partial charge in [0.25, 0.3) is 11.7 Å². The molecule has 0 saturated heterocycles. The highest BCUT2D eigenvalue weighted by Crippen LogP contribution is 2.30.